The zero-order valence-electron chi connectivity index (χ0n) is 14.4. The largest absolute Gasteiger partial charge is 0.461 e. The van der Waals surface area contributed by atoms with E-state index in [-0.39, 0.29) is 4.62 Å². The third-order valence-corrected chi connectivity index (χ3v) is 3.88. The first-order valence-corrected chi connectivity index (χ1v) is 9.03. The molecule has 2 aromatic rings. The van der Waals surface area contributed by atoms with Crippen molar-refractivity contribution in [1.82, 2.24) is 5.43 Å². The van der Waals surface area contributed by atoms with Crippen molar-refractivity contribution in [2.24, 2.45) is 5.10 Å². The summed E-state index contributed by atoms with van der Waals surface area (Å²) in [5, 5.41) is 3.79. The second kappa shape index (κ2) is 10.4. The molecule has 0 aliphatic rings. The summed E-state index contributed by atoms with van der Waals surface area (Å²) in [4.78, 5) is 25.9. The molecule has 0 bridgehead atoms. The molecule has 0 saturated carbocycles. The number of nitrogens with zero attached hydrogens (tertiary/aromatic N) is 2. The van der Waals surface area contributed by atoms with Gasteiger partial charge in [0, 0.05) is 0 Å². The molecule has 0 unspecified atom stereocenters. The van der Waals surface area contributed by atoms with Gasteiger partial charge in [-0.15, -0.1) is 0 Å². The fourth-order valence-electron chi connectivity index (χ4n) is 2.10. The molecule has 0 aliphatic carbocycles. The van der Waals surface area contributed by atoms with Crippen molar-refractivity contribution >= 4 is 43.9 Å². The number of ether oxygens (including phenoxy) is 1. The highest BCUT2D eigenvalue weighted by molar-refractivity contribution is 9.19. The van der Waals surface area contributed by atoms with Gasteiger partial charge < -0.3 is 4.74 Å². The van der Waals surface area contributed by atoms with E-state index in [1.54, 1.807) is 0 Å². The van der Waals surface area contributed by atoms with Crippen LogP contribution >= 0.6 is 15.9 Å². The maximum atomic E-state index is 12.7. The normalized spacial score (nSPS) is 10.9. The Labute approximate surface area is 161 Å². The third-order valence-electron chi connectivity index (χ3n) is 3.38. The molecule has 0 saturated heterocycles. The van der Waals surface area contributed by atoms with Gasteiger partial charge in [0.25, 0.3) is 0 Å². The van der Waals surface area contributed by atoms with Crippen LogP contribution in [0.1, 0.15) is 19.8 Å². The summed E-state index contributed by atoms with van der Waals surface area (Å²) in [6.45, 7) is 2.31. The minimum Gasteiger partial charge on any atom is -0.461 e. The van der Waals surface area contributed by atoms with Gasteiger partial charge in [0.05, 0.1) is 18.0 Å². The van der Waals surface area contributed by atoms with Crippen molar-refractivity contribution < 1.29 is 14.3 Å². The zero-order chi connectivity index (χ0) is 18.8. The Kier molecular flexibility index (Phi) is 7.82. The lowest BCUT2D eigenvalue weighted by atomic mass is 10.2. The fraction of sp³-hybridized carbons (Fsp3) is 0.211. The van der Waals surface area contributed by atoms with Gasteiger partial charge in [-0.3, -0.25) is 4.90 Å². The first-order valence-electron chi connectivity index (χ1n) is 8.24. The molecular formula is C19H20BrN3O3. The number of esters is 1. The Bertz CT molecular complexity index is 712. The van der Waals surface area contributed by atoms with Gasteiger partial charge in [-0.25, -0.2) is 15.0 Å². The molecule has 7 heteroatoms. The summed E-state index contributed by atoms with van der Waals surface area (Å²) in [5.74, 6) is -0.621. The molecular weight excluding hydrogens is 398 g/mol. The third kappa shape index (κ3) is 5.70. The smallest absolute Gasteiger partial charge is 0.366 e. The lowest BCUT2D eigenvalue weighted by Crippen LogP contribution is -2.34. The lowest BCUT2D eigenvalue weighted by molar-refractivity contribution is -0.135. The van der Waals surface area contributed by atoms with Crippen molar-refractivity contribution in [2.45, 2.75) is 19.8 Å². The van der Waals surface area contributed by atoms with Crippen LogP contribution in [-0.2, 0) is 9.53 Å². The Balaban J connectivity index is 2.12. The molecule has 0 radical (unpaired) electrons. The highest BCUT2D eigenvalue weighted by atomic mass is 79.9. The SMILES string of the molecule is CCCCOC(=O)/C(Br)=N/NC(=O)N(c1ccccc1)c1ccccc1. The van der Waals surface area contributed by atoms with Crippen LogP contribution in [0.4, 0.5) is 16.2 Å². The molecule has 2 amide bonds. The Morgan fingerprint density at radius 3 is 2.08 bits per heavy atom. The predicted octanol–water partition coefficient (Wildman–Crippen LogP) is 4.59. The molecule has 0 aliphatic heterocycles. The number of unbranched alkanes of at least 4 members (excludes halogenated alkanes) is 1. The number of benzene rings is 2. The van der Waals surface area contributed by atoms with Gasteiger partial charge in [-0.2, -0.15) is 5.10 Å². The second-order valence-electron chi connectivity index (χ2n) is 5.32. The summed E-state index contributed by atoms with van der Waals surface area (Å²) in [5.41, 5.74) is 3.73. The topological polar surface area (TPSA) is 71.0 Å². The number of hydrogen-bond donors (Lipinski definition) is 1. The van der Waals surface area contributed by atoms with Crippen molar-refractivity contribution in [3.05, 3.63) is 60.7 Å². The summed E-state index contributed by atoms with van der Waals surface area (Å²) < 4.78 is 4.93. The Morgan fingerprint density at radius 2 is 1.58 bits per heavy atom. The number of nitrogens with one attached hydrogen (secondary N) is 1. The van der Waals surface area contributed by atoms with Gasteiger partial charge >= 0.3 is 12.0 Å². The molecule has 0 fully saturated rings. The summed E-state index contributed by atoms with van der Waals surface area (Å²) >= 11 is 3.03. The predicted molar refractivity (Wildman–Crippen MR) is 106 cm³/mol. The standard InChI is InChI=1S/C19H20BrN3O3/c1-2-3-14-26-18(24)17(20)21-22-19(25)23(15-10-6-4-7-11-15)16-12-8-5-9-13-16/h4-13H,2-3,14H2,1H3,(H,22,25)/b21-17-. The average molecular weight is 418 g/mol. The number of hydrazone groups is 1. The lowest BCUT2D eigenvalue weighted by Gasteiger charge is -2.22. The van der Waals surface area contributed by atoms with Crippen molar-refractivity contribution in [3.63, 3.8) is 0 Å². The summed E-state index contributed by atoms with van der Waals surface area (Å²) in [6, 6.07) is 17.8. The number of amides is 2. The van der Waals surface area contributed by atoms with E-state index in [2.05, 4.69) is 26.5 Å². The molecule has 0 heterocycles. The number of hydrogen-bond acceptors (Lipinski definition) is 4. The Hall–Kier alpha value is -2.67. The van der Waals surface area contributed by atoms with Crippen molar-refractivity contribution in [2.75, 3.05) is 11.5 Å². The van der Waals surface area contributed by atoms with Crippen LogP contribution in [0, 0.1) is 0 Å². The maximum Gasteiger partial charge on any atom is 0.366 e. The van der Waals surface area contributed by atoms with Crippen LogP contribution in [-0.4, -0.2) is 23.2 Å². The van der Waals surface area contributed by atoms with E-state index in [0.717, 1.165) is 12.8 Å². The minimum atomic E-state index is -0.621. The van der Waals surface area contributed by atoms with E-state index in [1.807, 2.05) is 67.6 Å². The average Bonchev–Trinajstić information content (AvgIpc) is 2.68. The number of halogens is 1. The maximum absolute atomic E-state index is 12.7. The first kappa shape index (κ1) is 19.7. The van der Waals surface area contributed by atoms with Crippen LogP contribution in [0.15, 0.2) is 65.8 Å². The Morgan fingerprint density at radius 1 is 1.04 bits per heavy atom. The molecule has 0 aromatic heterocycles. The molecule has 2 rings (SSSR count). The number of para-hydroxylation sites is 2. The van der Waals surface area contributed by atoms with Gasteiger partial charge in [-0.1, -0.05) is 49.7 Å². The molecule has 1 N–H and O–H groups in total. The highest BCUT2D eigenvalue weighted by Gasteiger charge is 2.18. The van der Waals surface area contributed by atoms with Crippen molar-refractivity contribution in [1.29, 1.82) is 0 Å². The summed E-state index contributed by atoms with van der Waals surface area (Å²) in [7, 11) is 0. The first-order chi connectivity index (χ1) is 12.6. The molecule has 0 atom stereocenters. The van der Waals surface area contributed by atoms with E-state index >= 15 is 0 Å². The minimum absolute atomic E-state index is 0.0944. The molecule has 2 aromatic carbocycles. The number of carbonyl (C=O) groups is 2. The summed E-state index contributed by atoms with van der Waals surface area (Å²) in [6.07, 6.45) is 1.69. The molecule has 136 valence electrons. The van der Waals surface area contributed by atoms with Crippen molar-refractivity contribution in [3.8, 4) is 0 Å². The van der Waals surface area contributed by atoms with Gasteiger partial charge in [-0.05, 0) is 46.6 Å². The van der Waals surface area contributed by atoms with E-state index in [4.69, 9.17) is 4.74 Å². The number of rotatable bonds is 7. The van der Waals surface area contributed by atoms with Crippen LogP contribution in [0.2, 0.25) is 0 Å². The van der Waals surface area contributed by atoms with Gasteiger partial charge in [0.2, 0.25) is 4.62 Å². The fourth-order valence-corrected chi connectivity index (χ4v) is 2.30. The second-order valence-corrected chi connectivity index (χ2v) is 6.07. The number of carbonyl (C=O) groups excluding carboxylic acids is 2. The van der Waals surface area contributed by atoms with E-state index < -0.39 is 12.0 Å². The van der Waals surface area contributed by atoms with Gasteiger partial charge in [0.1, 0.15) is 0 Å². The van der Waals surface area contributed by atoms with E-state index in [0.29, 0.717) is 18.0 Å². The molecule has 6 nitrogen and oxygen atoms in total. The van der Waals surface area contributed by atoms with Crippen LogP contribution in [0.3, 0.4) is 0 Å². The monoisotopic (exact) mass is 417 g/mol. The van der Waals surface area contributed by atoms with E-state index in [1.165, 1.54) is 4.90 Å². The van der Waals surface area contributed by atoms with Crippen LogP contribution < -0.4 is 10.3 Å². The van der Waals surface area contributed by atoms with Crippen LogP contribution in [0.25, 0.3) is 0 Å². The highest BCUT2D eigenvalue weighted by Crippen LogP contribution is 2.24. The number of anilines is 2. The quantitative estimate of drug-likeness (QED) is 0.310. The molecule has 0 spiro atoms. The molecule has 26 heavy (non-hydrogen) atoms. The van der Waals surface area contributed by atoms with Crippen LogP contribution in [0.5, 0.6) is 0 Å². The number of urea groups is 1. The van der Waals surface area contributed by atoms with Gasteiger partial charge in [0.15, 0.2) is 0 Å². The van der Waals surface area contributed by atoms with E-state index in [9.17, 15) is 9.59 Å². The zero-order valence-corrected chi connectivity index (χ0v) is 16.0.